The van der Waals surface area contributed by atoms with Gasteiger partial charge < -0.3 is 20.1 Å². The fourth-order valence-electron chi connectivity index (χ4n) is 3.17. The van der Waals surface area contributed by atoms with Crippen LogP contribution in [0.2, 0.25) is 0 Å². The van der Waals surface area contributed by atoms with Gasteiger partial charge in [0.15, 0.2) is 11.5 Å². The molecule has 0 bridgehead atoms. The summed E-state index contributed by atoms with van der Waals surface area (Å²) in [5, 5.41) is 5.75. The first-order chi connectivity index (χ1) is 14.4. The highest BCUT2D eigenvalue weighted by atomic mass is 16.6. The number of nitrogens with zero attached hydrogens (tertiary/aromatic N) is 1. The van der Waals surface area contributed by atoms with Gasteiger partial charge in [0.25, 0.3) is 5.91 Å². The summed E-state index contributed by atoms with van der Waals surface area (Å²) in [6, 6.07) is 12.8. The second kappa shape index (κ2) is 10.1. The van der Waals surface area contributed by atoms with Crippen LogP contribution in [0.3, 0.4) is 0 Å². The molecule has 0 fully saturated rings. The van der Waals surface area contributed by atoms with Crippen molar-refractivity contribution < 1.29 is 19.1 Å². The van der Waals surface area contributed by atoms with Gasteiger partial charge in [-0.3, -0.25) is 14.5 Å². The zero-order valence-electron chi connectivity index (χ0n) is 17.7. The van der Waals surface area contributed by atoms with Gasteiger partial charge in [0.05, 0.1) is 17.8 Å². The van der Waals surface area contributed by atoms with Crippen LogP contribution in [-0.4, -0.2) is 50.1 Å². The molecule has 30 heavy (non-hydrogen) atoms. The second-order valence-electron chi connectivity index (χ2n) is 7.85. The molecule has 2 aromatic carbocycles. The number of benzene rings is 2. The quantitative estimate of drug-likeness (QED) is 0.698. The van der Waals surface area contributed by atoms with E-state index in [9.17, 15) is 9.59 Å². The lowest BCUT2D eigenvalue weighted by Crippen LogP contribution is -2.32. The first-order valence-corrected chi connectivity index (χ1v) is 10.2. The number of carbonyl (C=O) groups is 2. The van der Waals surface area contributed by atoms with E-state index in [4.69, 9.17) is 9.47 Å². The van der Waals surface area contributed by atoms with Crippen molar-refractivity contribution in [2.75, 3.05) is 38.7 Å². The highest BCUT2D eigenvalue weighted by Crippen LogP contribution is 2.31. The van der Waals surface area contributed by atoms with E-state index in [1.807, 2.05) is 44.0 Å². The van der Waals surface area contributed by atoms with Crippen LogP contribution < -0.4 is 20.1 Å². The minimum atomic E-state index is -0.191. The van der Waals surface area contributed by atoms with Gasteiger partial charge in [-0.05, 0) is 42.8 Å². The molecule has 0 atom stereocenters. The molecule has 1 aliphatic heterocycles. The summed E-state index contributed by atoms with van der Waals surface area (Å²) in [5.41, 5.74) is 2.00. The molecular formula is C23H29N3O4. The Hall–Kier alpha value is -3.06. The third-order valence-electron chi connectivity index (χ3n) is 4.59. The molecule has 3 rings (SSSR count). The second-order valence-corrected chi connectivity index (χ2v) is 7.85. The molecular weight excluding hydrogens is 382 g/mol. The van der Waals surface area contributed by atoms with Crippen molar-refractivity contribution in [2.45, 2.75) is 20.4 Å². The van der Waals surface area contributed by atoms with E-state index in [1.165, 1.54) is 0 Å². The smallest absolute Gasteiger partial charge is 0.253 e. The molecule has 7 heteroatoms. The van der Waals surface area contributed by atoms with E-state index in [0.29, 0.717) is 43.5 Å². The van der Waals surface area contributed by atoms with E-state index in [1.54, 1.807) is 24.3 Å². The summed E-state index contributed by atoms with van der Waals surface area (Å²) in [5.74, 6) is 1.46. The van der Waals surface area contributed by atoms with Gasteiger partial charge in [0.1, 0.15) is 13.2 Å². The maximum atomic E-state index is 12.6. The van der Waals surface area contributed by atoms with Crippen LogP contribution in [0.1, 0.15) is 29.8 Å². The van der Waals surface area contributed by atoms with Crippen molar-refractivity contribution in [2.24, 2.45) is 5.92 Å². The van der Waals surface area contributed by atoms with Gasteiger partial charge in [-0.15, -0.1) is 0 Å². The molecule has 2 N–H and O–H groups in total. The van der Waals surface area contributed by atoms with E-state index in [-0.39, 0.29) is 18.4 Å². The van der Waals surface area contributed by atoms with E-state index in [0.717, 1.165) is 17.1 Å². The molecule has 0 radical (unpaired) electrons. The van der Waals surface area contributed by atoms with Gasteiger partial charge in [-0.25, -0.2) is 0 Å². The number of fused-ring (bicyclic) bond motifs is 1. The molecule has 0 unspecified atom stereocenters. The zero-order chi connectivity index (χ0) is 21.5. The summed E-state index contributed by atoms with van der Waals surface area (Å²) in [4.78, 5) is 26.9. The number of rotatable bonds is 8. The van der Waals surface area contributed by atoms with Gasteiger partial charge in [-0.2, -0.15) is 0 Å². The van der Waals surface area contributed by atoms with Crippen LogP contribution in [0.5, 0.6) is 11.5 Å². The number of likely N-dealkylation sites (N-methyl/N-ethyl adjacent to an activating group) is 1. The molecule has 1 aliphatic rings. The van der Waals surface area contributed by atoms with Crippen molar-refractivity contribution in [3.8, 4) is 11.5 Å². The van der Waals surface area contributed by atoms with E-state index in [2.05, 4.69) is 10.6 Å². The molecule has 0 aromatic heterocycles. The van der Waals surface area contributed by atoms with Crippen molar-refractivity contribution in [1.82, 2.24) is 10.2 Å². The van der Waals surface area contributed by atoms with Crippen LogP contribution in [0.4, 0.5) is 5.69 Å². The molecule has 160 valence electrons. The Morgan fingerprint density at radius 3 is 2.57 bits per heavy atom. The number of nitrogens with one attached hydrogen (secondary N) is 2. The molecule has 2 aromatic rings. The highest BCUT2D eigenvalue weighted by Gasteiger charge is 2.16. The first kappa shape index (κ1) is 21.6. The number of amides is 2. The number of para-hydroxylation sites is 1. The number of ether oxygens (including phenoxy) is 2. The monoisotopic (exact) mass is 411 g/mol. The SMILES string of the molecule is CC(C)CNC(=O)c1ccccc1NC(=O)CN(C)Cc1ccc2c(c1)OCCO2. The Morgan fingerprint density at radius 1 is 1.07 bits per heavy atom. The number of carbonyl (C=O) groups excluding carboxylic acids is 2. The van der Waals surface area contributed by atoms with Crippen LogP contribution >= 0.6 is 0 Å². The molecule has 0 saturated carbocycles. The van der Waals surface area contributed by atoms with E-state index < -0.39 is 0 Å². The number of anilines is 1. The minimum Gasteiger partial charge on any atom is -0.486 e. The summed E-state index contributed by atoms with van der Waals surface area (Å²) < 4.78 is 11.2. The molecule has 0 aliphatic carbocycles. The highest BCUT2D eigenvalue weighted by molar-refractivity contribution is 6.04. The van der Waals surface area contributed by atoms with Gasteiger partial charge >= 0.3 is 0 Å². The van der Waals surface area contributed by atoms with Crippen molar-refractivity contribution in [3.05, 3.63) is 53.6 Å². The summed E-state index contributed by atoms with van der Waals surface area (Å²) in [7, 11) is 1.87. The standard InChI is InChI=1S/C23H29N3O4/c1-16(2)13-24-23(28)18-6-4-5-7-19(18)25-22(27)15-26(3)14-17-8-9-20-21(12-17)30-11-10-29-20/h4-9,12,16H,10-11,13-15H2,1-3H3,(H,24,28)(H,25,27). The molecule has 0 saturated heterocycles. The van der Waals surface area contributed by atoms with Crippen LogP contribution in [0.25, 0.3) is 0 Å². The Kier molecular flexibility index (Phi) is 7.30. The Balaban J connectivity index is 1.57. The summed E-state index contributed by atoms with van der Waals surface area (Å²) in [6.45, 7) is 6.52. The predicted octanol–water partition coefficient (Wildman–Crippen LogP) is 2.91. The third kappa shape index (κ3) is 5.97. The average molecular weight is 412 g/mol. The Bertz CT molecular complexity index is 898. The fourth-order valence-corrected chi connectivity index (χ4v) is 3.17. The maximum absolute atomic E-state index is 12.6. The van der Waals surface area contributed by atoms with Crippen molar-refractivity contribution in [3.63, 3.8) is 0 Å². The topological polar surface area (TPSA) is 79.9 Å². The molecule has 7 nitrogen and oxygen atoms in total. The van der Waals surface area contributed by atoms with Gasteiger partial charge in [-0.1, -0.05) is 32.0 Å². The molecule has 0 spiro atoms. The molecule has 2 amide bonds. The number of hydrogen-bond acceptors (Lipinski definition) is 5. The average Bonchev–Trinajstić information content (AvgIpc) is 2.72. The summed E-state index contributed by atoms with van der Waals surface area (Å²) >= 11 is 0. The first-order valence-electron chi connectivity index (χ1n) is 10.2. The van der Waals surface area contributed by atoms with Crippen molar-refractivity contribution >= 4 is 17.5 Å². The lowest BCUT2D eigenvalue weighted by Gasteiger charge is -2.21. The van der Waals surface area contributed by atoms with Crippen molar-refractivity contribution in [1.29, 1.82) is 0 Å². The normalized spacial score (nSPS) is 12.7. The lowest BCUT2D eigenvalue weighted by molar-refractivity contribution is -0.117. The predicted molar refractivity (Wildman–Crippen MR) is 116 cm³/mol. The van der Waals surface area contributed by atoms with Gasteiger partial charge in [0.2, 0.25) is 5.91 Å². The Labute approximate surface area is 177 Å². The zero-order valence-corrected chi connectivity index (χ0v) is 17.7. The largest absolute Gasteiger partial charge is 0.486 e. The minimum absolute atomic E-state index is 0.181. The van der Waals surface area contributed by atoms with Gasteiger partial charge in [0, 0.05) is 13.1 Å². The maximum Gasteiger partial charge on any atom is 0.253 e. The third-order valence-corrected chi connectivity index (χ3v) is 4.59. The van der Waals surface area contributed by atoms with E-state index >= 15 is 0 Å². The van der Waals surface area contributed by atoms with Crippen LogP contribution in [0.15, 0.2) is 42.5 Å². The Morgan fingerprint density at radius 2 is 1.80 bits per heavy atom. The van der Waals surface area contributed by atoms with Crippen LogP contribution in [-0.2, 0) is 11.3 Å². The lowest BCUT2D eigenvalue weighted by atomic mass is 10.1. The molecule has 1 heterocycles. The fraction of sp³-hybridized carbons (Fsp3) is 0.391. The van der Waals surface area contributed by atoms with Crippen LogP contribution in [0, 0.1) is 5.92 Å². The summed E-state index contributed by atoms with van der Waals surface area (Å²) in [6.07, 6.45) is 0. The number of hydrogen-bond donors (Lipinski definition) is 2.